The van der Waals surface area contributed by atoms with Gasteiger partial charge in [-0.1, -0.05) is 6.07 Å². The quantitative estimate of drug-likeness (QED) is 0.639. The van der Waals surface area contributed by atoms with Crippen LogP contribution in [0.15, 0.2) is 28.2 Å². The van der Waals surface area contributed by atoms with Crippen LogP contribution in [0.5, 0.6) is 5.75 Å². The van der Waals surface area contributed by atoms with Gasteiger partial charge in [-0.3, -0.25) is 4.99 Å². The number of thiazole rings is 1. The fourth-order valence-corrected chi connectivity index (χ4v) is 3.82. The van der Waals surface area contributed by atoms with Gasteiger partial charge in [0.1, 0.15) is 5.75 Å². The lowest BCUT2D eigenvalue weighted by Crippen LogP contribution is -2.11. The van der Waals surface area contributed by atoms with Crippen molar-refractivity contribution in [2.45, 2.75) is 39.8 Å². The minimum absolute atomic E-state index is 0.122. The van der Waals surface area contributed by atoms with E-state index in [0.717, 1.165) is 35.0 Å². The summed E-state index contributed by atoms with van der Waals surface area (Å²) in [5, 5.41) is 3.98. The molecular weight excluding hydrogens is 346 g/mol. The first-order valence-corrected chi connectivity index (χ1v) is 9.59. The van der Waals surface area contributed by atoms with Gasteiger partial charge in [-0.2, -0.15) is 0 Å². The highest BCUT2D eigenvalue weighted by Gasteiger charge is 2.22. The third kappa shape index (κ3) is 4.11. The number of nitrogens with one attached hydrogen (secondary N) is 1. The molecule has 0 spiro atoms. The first-order chi connectivity index (χ1) is 12.5. The molecule has 0 saturated heterocycles. The maximum Gasteiger partial charge on any atom is 0.186 e. The number of nitrogens with two attached hydrogens (primary N) is 1. The van der Waals surface area contributed by atoms with Crippen LogP contribution in [0.1, 0.15) is 36.2 Å². The highest BCUT2D eigenvalue weighted by molar-refractivity contribution is 7.14. The van der Waals surface area contributed by atoms with Crippen LogP contribution in [-0.4, -0.2) is 36.4 Å². The van der Waals surface area contributed by atoms with Gasteiger partial charge in [-0.15, -0.1) is 11.3 Å². The van der Waals surface area contributed by atoms with Gasteiger partial charge < -0.3 is 15.8 Å². The van der Waals surface area contributed by atoms with E-state index >= 15 is 0 Å². The van der Waals surface area contributed by atoms with E-state index in [1.807, 2.05) is 20.9 Å². The van der Waals surface area contributed by atoms with Crippen molar-refractivity contribution in [3.05, 3.63) is 33.6 Å². The molecule has 0 unspecified atom stereocenters. The average Bonchev–Trinajstić information content (AvgIpc) is 2.91. The van der Waals surface area contributed by atoms with Gasteiger partial charge in [0, 0.05) is 29.4 Å². The second kappa shape index (κ2) is 7.97. The molecule has 0 fully saturated rings. The first-order valence-electron chi connectivity index (χ1n) is 8.77. The van der Waals surface area contributed by atoms with Gasteiger partial charge in [0.15, 0.2) is 10.8 Å². The van der Waals surface area contributed by atoms with Crippen molar-refractivity contribution in [1.29, 1.82) is 0 Å². The lowest BCUT2D eigenvalue weighted by Gasteiger charge is -2.09. The predicted molar refractivity (Wildman–Crippen MR) is 108 cm³/mol. The van der Waals surface area contributed by atoms with E-state index < -0.39 is 0 Å². The Morgan fingerprint density at radius 3 is 2.92 bits per heavy atom. The Balaban J connectivity index is 2.07. The molecule has 3 N–H and O–H groups in total. The van der Waals surface area contributed by atoms with Crippen molar-refractivity contribution < 1.29 is 4.74 Å². The van der Waals surface area contributed by atoms with Crippen LogP contribution in [0.3, 0.4) is 0 Å². The van der Waals surface area contributed by atoms with Crippen LogP contribution in [0.2, 0.25) is 0 Å². The number of rotatable bonds is 4. The minimum Gasteiger partial charge on any atom is -0.492 e. The SMILES string of the molecule is CNCc1ccc2c(c1)OCCc1sc(C(N=C(C)N)=NC(C)C)nc1-2. The van der Waals surface area contributed by atoms with Gasteiger partial charge in [-0.05, 0) is 45.5 Å². The molecule has 138 valence electrons. The zero-order valence-electron chi connectivity index (χ0n) is 15.7. The topological polar surface area (TPSA) is 84.9 Å². The molecule has 7 heteroatoms. The van der Waals surface area contributed by atoms with Gasteiger partial charge in [-0.25, -0.2) is 9.98 Å². The zero-order chi connectivity index (χ0) is 18.7. The molecule has 1 aromatic heterocycles. The summed E-state index contributed by atoms with van der Waals surface area (Å²) in [6, 6.07) is 6.41. The molecule has 3 rings (SSSR count). The number of nitrogens with zero attached hydrogens (tertiary/aromatic N) is 3. The van der Waals surface area contributed by atoms with Crippen LogP contribution in [0.25, 0.3) is 11.3 Å². The standard InChI is InChI=1S/C19H25N5OS/c1-11(2)22-18(23-12(3)20)19-24-17-14-6-5-13(10-21-4)9-15(14)25-8-7-16(17)26-19/h5-6,9,11,21H,7-8,10H2,1-4H3,(H2,20,22,23). The van der Waals surface area contributed by atoms with Crippen molar-refractivity contribution >= 4 is 23.0 Å². The summed E-state index contributed by atoms with van der Waals surface area (Å²) in [5.74, 6) is 1.97. The van der Waals surface area contributed by atoms with E-state index in [1.165, 1.54) is 10.4 Å². The number of aliphatic imine (C=N–C) groups is 2. The van der Waals surface area contributed by atoms with E-state index in [0.29, 0.717) is 18.3 Å². The third-order valence-electron chi connectivity index (χ3n) is 3.82. The summed E-state index contributed by atoms with van der Waals surface area (Å²) in [5.41, 5.74) is 8.98. The smallest absolute Gasteiger partial charge is 0.186 e. The second-order valence-corrected chi connectivity index (χ2v) is 7.63. The summed E-state index contributed by atoms with van der Waals surface area (Å²) in [7, 11) is 1.94. The molecule has 0 aliphatic carbocycles. The number of ether oxygens (including phenoxy) is 1. The van der Waals surface area contributed by atoms with Gasteiger partial charge in [0.2, 0.25) is 0 Å². The number of benzene rings is 1. The number of hydrogen-bond acceptors (Lipinski definition) is 5. The van der Waals surface area contributed by atoms with Gasteiger partial charge >= 0.3 is 0 Å². The Morgan fingerprint density at radius 2 is 2.23 bits per heavy atom. The summed E-state index contributed by atoms with van der Waals surface area (Å²) < 4.78 is 5.97. The molecule has 1 aliphatic rings. The third-order valence-corrected chi connectivity index (χ3v) is 4.93. The molecule has 0 atom stereocenters. The fraction of sp³-hybridized carbons (Fsp3) is 0.421. The Kier molecular flexibility index (Phi) is 5.68. The number of hydrogen-bond donors (Lipinski definition) is 2. The van der Waals surface area contributed by atoms with Crippen molar-refractivity contribution in [2.75, 3.05) is 13.7 Å². The number of aromatic nitrogens is 1. The Labute approximate surface area is 158 Å². The maximum absolute atomic E-state index is 5.97. The van der Waals surface area contributed by atoms with E-state index in [-0.39, 0.29) is 6.04 Å². The lowest BCUT2D eigenvalue weighted by atomic mass is 10.1. The first kappa shape index (κ1) is 18.5. The average molecular weight is 372 g/mol. The number of fused-ring (bicyclic) bond motifs is 3. The maximum atomic E-state index is 5.97. The fourth-order valence-electron chi connectivity index (χ4n) is 2.82. The molecule has 0 radical (unpaired) electrons. The zero-order valence-corrected chi connectivity index (χ0v) is 16.5. The molecule has 26 heavy (non-hydrogen) atoms. The molecule has 6 nitrogen and oxygen atoms in total. The van der Waals surface area contributed by atoms with Gasteiger partial charge in [0.05, 0.1) is 18.1 Å². The van der Waals surface area contributed by atoms with E-state index in [9.17, 15) is 0 Å². The molecule has 2 aromatic rings. The van der Waals surface area contributed by atoms with Crippen molar-refractivity contribution in [1.82, 2.24) is 10.3 Å². The summed E-state index contributed by atoms with van der Waals surface area (Å²) >= 11 is 1.62. The molecular formula is C19H25N5OS. The summed E-state index contributed by atoms with van der Waals surface area (Å²) in [6.45, 7) is 7.25. The molecule has 2 heterocycles. The van der Waals surface area contributed by atoms with Crippen molar-refractivity contribution in [3.8, 4) is 17.0 Å². The van der Waals surface area contributed by atoms with Crippen LogP contribution in [-0.2, 0) is 13.0 Å². The monoisotopic (exact) mass is 371 g/mol. The molecule has 0 amide bonds. The van der Waals surface area contributed by atoms with Crippen molar-refractivity contribution in [3.63, 3.8) is 0 Å². The molecule has 0 saturated carbocycles. The van der Waals surface area contributed by atoms with Crippen LogP contribution in [0.4, 0.5) is 0 Å². The highest BCUT2D eigenvalue weighted by Crippen LogP contribution is 2.38. The molecule has 0 bridgehead atoms. The molecule has 1 aromatic carbocycles. The van der Waals surface area contributed by atoms with Crippen LogP contribution >= 0.6 is 11.3 Å². The predicted octanol–water partition coefficient (Wildman–Crippen LogP) is 3.00. The van der Waals surface area contributed by atoms with Crippen LogP contribution < -0.4 is 15.8 Å². The summed E-state index contributed by atoms with van der Waals surface area (Å²) in [4.78, 5) is 15.1. The van der Waals surface area contributed by atoms with E-state index in [2.05, 4.69) is 33.5 Å². The van der Waals surface area contributed by atoms with E-state index in [1.54, 1.807) is 18.3 Å². The highest BCUT2D eigenvalue weighted by atomic mass is 32.1. The normalized spacial score (nSPS) is 14.7. The Hall–Kier alpha value is -2.25. The minimum atomic E-state index is 0.122. The lowest BCUT2D eigenvalue weighted by molar-refractivity contribution is 0.327. The van der Waals surface area contributed by atoms with Crippen molar-refractivity contribution in [2.24, 2.45) is 15.7 Å². The van der Waals surface area contributed by atoms with Gasteiger partial charge in [0.25, 0.3) is 0 Å². The largest absolute Gasteiger partial charge is 0.492 e. The molecule has 1 aliphatic heterocycles. The van der Waals surface area contributed by atoms with E-state index in [4.69, 9.17) is 15.5 Å². The summed E-state index contributed by atoms with van der Waals surface area (Å²) in [6.07, 6.45) is 0.823. The Bertz CT molecular complexity index is 850. The Morgan fingerprint density at radius 1 is 1.42 bits per heavy atom. The van der Waals surface area contributed by atoms with Crippen LogP contribution in [0, 0.1) is 0 Å². The number of amidine groups is 2. The second-order valence-electron chi connectivity index (χ2n) is 6.55.